The molecule has 3 nitrogen and oxygen atoms in total. The van der Waals surface area contributed by atoms with Crippen LogP contribution >= 0.6 is 0 Å². The van der Waals surface area contributed by atoms with Gasteiger partial charge in [-0.25, -0.2) is 4.39 Å². The van der Waals surface area contributed by atoms with Gasteiger partial charge < -0.3 is 10.5 Å². The summed E-state index contributed by atoms with van der Waals surface area (Å²) in [4.78, 5) is 3.75. The highest BCUT2D eigenvalue weighted by molar-refractivity contribution is 5.14. The molecule has 0 aromatic carbocycles. The molecule has 0 aliphatic rings. The van der Waals surface area contributed by atoms with E-state index in [1.54, 1.807) is 6.20 Å². The normalized spacial score (nSPS) is 12.7. The summed E-state index contributed by atoms with van der Waals surface area (Å²) in [5.74, 6) is -0.350. The van der Waals surface area contributed by atoms with E-state index in [-0.39, 0.29) is 11.9 Å². The van der Waals surface area contributed by atoms with Gasteiger partial charge >= 0.3 is 0 Å². The molecule has 0 saturated carbocycles. The number of nitrogens with zero attached hydrogens (tertiary/aromatic N) is 1. The molecule has 1 aromatic rings. The van der Waals surface area contributed by atoms with Crippen LogP contribution in [0.3, 0.4) is 0 Å². The van der Waals surface area contributed by atoms with Gasteiger partial charge in [0.25, 0.3) is 0 Å². The number of nitrogens with two attached hydrogens (primary N) is 1. The van der Waals surface area contributed by atoms with Gasteiger partial charge in [0.15, 0.2) is 0 Å². The van der Waals surface area contributed by atoms with Gasteiger partial charge in [0, 0.05) is 25.5 Å². The van der Waals surface area contributed by atoms with Crippen molar-refractivity contribution in [2.24, 2.45) is 5.73 Å². The first-order valence-electron chi connectivity index (χ1n) is 5.17. The molecule has 84 valence electrons. The molecule has 0 aliphatic heterocycles. The van der Waals surface area contributed by atoms with Gasteiger partial charge in [-0.05, 0) is 24.5 Å². The minimum absolute atomic E-state index is 0.204. The van der Waals surface area contributed by atoms with Gasteiger partial charge in [-0.3, -0.25) is 4.98 Å². The molecule has 1 atom stereocenters. The van der Waals surface area contributed by atoms with Crippen molar-refractivity contribution in [3.63, 3.8) is 0 Å². The molecule has 0 saturated heterocycles. The third kappa shape index (κ3) is 4.36. The summed E-state index contributed by atoms with van der Waals surface area (Å²) in [5.41, 5.74) is 6.58. The van der Waals surface area contributed by atoms with Crippen LogP contribution in [0.2, 0.25) is 0 Å². The third-order valence-corrected chi connectivity index (χ3v) is 2.08. The first-order valence-corrected chi connectivity index (χ1v) is 5.17. The molecule has 1 unspecified atom stereocenters. The molecule has 4 heteroatoms. The molecule has 1 rings (SSSR count). The van der Waals surface area contributed by atoms with Gasteiger partial charge in [0.2, 0.25) is 0 Å². The molecule has 0 spiro atoms. The summed E-state index contributed by atoms with van der Waals surface area (Å²) in [6, 6.07) is 1.21. The minimum atomic E-state index is -0.350. The Morgan fingerprint density at radius 3 is 2.93 bits per heavy atom. The fourth-order valence-electron chi connectivity index (χ4n) is 1.25. The molecule has 0 aliphatic carbocycles. The number of rotatable bonds is 6. The molecule has 1 aromatic heterocycles. The van der Waals surface area contributed by atoms with Crippen molar-refractivity contribution in [2.45, 2.75) is 25.8 Å². The molecular formula is C11H17FN2O. The molecular weight excluding hydrogens is 195 g/mol. The van der Waals surface area contributed by atoms with Crippen LogP contribution in [0.5, 0.6) is 0 Å². The SMILES string of the molecule is CCCOCCC(N)c1cncc(F)c1. The van der Waals surface area contributed by atoms with E-state index in [1.807, 2.05) is 0 Å². The maximum Gasteiger partial charge on any atom is 0.141 e. The van der Waals surface area contributed by atoms with Crippen molar-refractivity contribution in [1.82, 2.24) is 4.98 Å². The van der Waals surface area contributed by atoms with Gasteiger partial charge in [0.05, 0.1) is 6.20 Å². The molecule has 0 amide bonds. The van der Waals surface area contributed by atoms with Crippen LogP contribution in [0.1, 0.15) is 31.4 Å². The highest BCUT2D eigenvalue weighted by Crippen LogP contribution is 2.13. The fourth-order valence-corrected chi connectivity index (χ4v) is 1.25. The molecule has 0 fully saturated rings. The van der Waals surface area contributed by atoms with E-state index < -0.39 is 0 Å². The number of halogens is 1. The average molecular weight is 212 g/mol. The Morgan fingerprint density at radius 2 is 2.27 bits per heavy atom. The van der Waals surface area contributed by atoms with E-state index in [0.717, 1.165) is 18.6 Å². The number of hydrogen-bond donors (Lipinski definition) is 1. The van der Waals surface area contributed by atoms with Gasteiger partial charge in [-0.1, -0.05) is 6.92 Å². The summed E-state index contributed by atoms with van der Waals surface area (Å²) in [7, 11) is 0. The summed E-state index contributed by atoms with van der Waals surface area (Å²) in [5, 5.41) is 0. The lowest BCUT2D eigenvalue weighted by Crippen LogP contribution is -2.13. The highest BCUT2D eigenvalue weighted by atomic mass is 19.1. The summed E-state index contributed by atoms with van der Waals surface area (Å²) >= 11 is 0. The van der Waals surface area contributed by atoms with Gasteiger partial charge in [-0.2, -0.15) is 0 Å². The highest BCUT2D eigenvalue weighted by Gasteiger charge is 2.06. The maximum absolute atomic E-state index is 12.8. The van der Waals surface area contributed by atoms with Crippen LogP contribution in [0.4, 0.5) is 4.39 Å². The smallest absolute Gasteiger partial charge is 0.141 e. The summed E-state index contributed by atoms with van der Waals surface area (Å²) in [6.45, 7) is 3.40. The molecule has 0 bridgehead atoms. The molecule has 15 heavy (non-hydrogen) atoms. The lowest BCUT2D eigenvalue weighted by Gasteiger charge is -2.11. The molecule has 2 N–H and O–H groups in total. The molecule has 0 radical (unpaired) electrons. The first-order chi connectivity index (χ1) is 7.24. The van der Waals surface area contributed by atoms with Gasteiger partial charge in [0.1, 0.15) is 5.82 Å². The predicted molar refractivity (Wildman–Crippen MR) is 56.9 cm³/mol. The van der Waals surface area contributed by atoms with Crippen molar-refractivity contribution in [2.75, 3.05) is 13.2 Å². The van der Waals surface area contributed by atoms with Crippen LogP contribution in [0, 0.1) is 5.82 Å². The number of ether oxygens (including phenoxy) is 1. The zero-order chi connectivity index (χ0) is 11.1. The monoisotopic (exact) mass is 212 g/mol. The van der Waals surface area contributed by atoms with E-state index in [4.69, 9.17) is 10.5 Å². The van der Waals surface area contributed by atoms with Crippen molar-refractivity contribution in [1.29, 1.82) is 0 Å². The van der Waals surface area contributed by atoms with Crippen molar-refractivity contribution in [3.05, 3.63) is 29.8 Å². The Hall–Kier alpha value is -1.00. The lowest BCUT2D eigenvalue weighted by atomic mass is 10.1. The Kier molecular flexibility index (Phi) is 5.21. The second kappa shape index (κ2) is 6.48. The maximum atomic E-state index is 12.8. The van der Waals surface area contributed by atoms with Crippen LogP contribution in [-0.4, -0.2) is 18.2 Å². The minimum Gasteiger partial charge on any atom is -0.381 e. The van der Waals surface area contributed by atoms with Gasteiger partial charge in [-0.15, -0.1) is 0 Å². The van der Waals surface area contributed by atoms with E-state index in [9.17, 15) is 4.39 Å². The lowest BCUT2D eigenvalue weighted by molar-refractivity contribution is 0.127. The van der Waals surface area contributed by atoms with Crippen LogP contribution < -0.4 is 5.73 Å². The summed E-state index contributed by atoms with van der Waals surface area (Å²) in [6.07, 6.45) is 4.44. The average Bonchev–Trinajstić information content (AvgIpc) is 2.24. The predicted octanol–water partition coefficient (Wildman–Crippen LogP) is 2.04. The van der Waals surface area contributed by atoms with Crippen molar-refractivity contribution < 1.29 is 9.13 Å². The zero-order valence-electron chi connectivity index (χ0n) is 8.95. The number of pyridine rings is 1. The molecule has 1 heterocycles. The van der Waals surface area contributed by atoms with E-state index >= 15 is 0 Å². The van der Waals surface area contributed by atoms with Crippen LogP contribution in [0.25, 0.3) is 0 Å². The largest absolute Gasteiger partial charge is 0.381 e. The fraction of sp³-hybridized carbons (Fsp3) is 0.545. The second-order valence-electron chi connectivity index (χ2n) is 3.44. The standard InChI is InChI=1S/C11H17FN2O/c1-2-4-15-5-3-11(13)9-6-10(12)8-14-7-9/h6-8,11H,2-5,13H2,1H3. The van der Waals surface area contributed by atoms with Crippen molar-refractivity contribution in [3.8, 4) is 0 Å². The third-order valence-electron chi connectivity index (χ3n) is 2.08. The zero-order valence-corrected chi connectivity index (χ0v) is 8.95. The Bertz CT molecular complexity index is 294. The quantitative estimate of drug-likeness (QED) is 0.734. The van der Waals surface area contributed by atoms with Crippen LogP contribution in [-0.2, 0) is 4.74 Å². The second-order valence-corrected chi connectivity index (χ2v) is 3.44. The van der Waals surface area contributed by atoms with E-state index in [0.29, 0.717) is 13.0 Å². The Morgan fingerprint density at radius 1 is 1.47 bits per heavy atom. The van der Waals surface area contributed by atoms with E-state index in [2.05, 4.69) is 11.9 Å². The Balaban J connectivity index is 2.36. The number of hydrogen-bond acceptors (Lipinski definition) is 3. The first kappa shape index (κ1) is 12.1. The van der Waals surface area contributed by atoms with Crippen molar-refractivity contribution >= 4 is 0 Å². The summed E-state index contributed by atoms with van der Waals surface area (Å²) < 4.78 is 18.1. The Labute approximate surface area is 89.5 Å². The topological polar surface area (TPSA) is 48.1 Å². The number of aromatic nitrogens is 1. The van der Waals surface area contributed by atoms with Crippen LogP contribution in [0.15, 0.2) is 18.5 Å². The van der Waals surface area contributed by atoms with E-state index in [1.165, 1.54) is 12.3 Å².